The molecule has 0 aliphatic carbocycles. The minimum absolute atomic E-state index is 0.157. The summed E-state index contributed by atoms with van der Waals surface area (Å²) >= 11 is 12.0. The van der Waals surface area contributed by atoms with Crippen molar-refractivity contribution in [1.29, 1.82) is 0 Å². The Balaban J connectivity index is 1.84. The molecule has 0 spiro atoms. The average molecular weight is 463 g/mol. The van der Waals surface area contributed by atoms with Crippen molar-refractivity contribution in [3.05, 3.63) is 63.1 Å². The lowest BCUT2D eigenvalue weighted by atomic mass is 10.0. The van der Waals surface area contributed by atoms with Gasteiger partial charge in [-0.25, -0.2) is 4.79 Å². The number of carbonyl (C=O) groups is 1. The summed E-state index contributed by atoms with van der Waals surface area (Å²) in [7, 11) is 0. The molecule has 4 nitrogen and oxygen atoms in total. The Hall–Kier alpha value is -2.17. The lowest BCUT2D eigenvalue weighted by Crippen LogP contribution is -2.16. The van der Waals surface area contributed by atoms with Crippen LogP contribution in [0.25, 0.3) is 6.08 Å². The molecule has 0 saturated carbocycles. The minimum atomic E-state index is -0.516. The molecule has 1 atom stereocenters. The van der Waals surface area contributed by atoms with E-state index in [1.54, 1.807) is 18.2 Å². The molecule has 1 heterocycles. The Morgan fingerprint density at radius 1 is 1.06 bits per heavy atom. The highest BCUT2D eigenvalue weighted by Gasteiger charge is 2.21. The highest BCUT2D eigenvalue weighted by Crippen LogP contribution is 2.31. The van der Waals surface area contributed by atoms with Gasteiger partial charge in [-0.2, -0.15) is 0 Å². The van der Waals surface area contributed by atoms with Gasteiger partial charge in [0, 0.05) is 6.07 Å². The smallest absolute Gasteiger partial charge is 0.342 e. The van der Waals surface area contributed by atoms with Crippen molar-refractivity contribution >= 4 is 35.2 Å². The van der Waals surface area contributed by atoms with Gasteiger partial charge in [-0.3, -0.25) is 0 Å². The van der Waals surface area contributed by atoms with Gasteiger partial charge in [-0.15, -0.1) is 0 Å². The Morgan fingerprint density at radius 3 is 2.65 bits per heavy atom. The first-order valence-electron chi connectivity index (χ1n) is 10.8. The molecule has 0 unspecified atom stereocenters. The zero-order chi connectivity index (χ0) is 22.2. The first kappa shape index (κ1) is 23.5. The number of fused-ring (bicyclic) bond motifs is 1. The molecule has 166 valence electrons. The van der Waals surface area contributed by atoms with Crippen LogP contribution in [0.4, 0.5) is 0 Å². The molecule has 0 amide bonds. The van der Waals surface area contributed by atoms with Gasteiger partial charge in [0.1, 0.15) is 23.7 Å². The minimum Gasteiger partial charge on any atom is -0.507 e. The number of phenols is 1. The fraction of sp³-hybridized carbons (Fsp3) is 0.400. The summed E-state index contributed by atoms with van der Waals surface area (Å²) in [6.07, 6.45) is 11.1. The van der Waals surface area contributed by atoms with Crippen molar-refractivity contribution in [3.63, 3.8) is 0 Å². The van der Waals surface area contributed by atoms with Crippen LogP contribution in [-0.4, -0.2) is 17.2 Å². The third kappa shape index (κ3) is 6.91. The van der Waals surface area contributed by atoms with Crippen LogP contribution < -0.4 is 4.74 Å². The number of halogens is 2. The molecule has 0 radical (unpaired) electrons. The molecule has 3 rings (SSSR count). The Bertz CT molecular complexity index is 939. The van der Waals surface area contributed by atoms with Crippen LogP contribution in [0.2, 0.25) is 10.0 Å². The maximum atomic E-state index is 12.8. The van der Waals surface area contributed by atoms with Crippen LogP contribution in [0.3, 0.4) is 0 Å². The average Bonchev–Trinajstić information content (AvgIpc) is 2.72. The molecule has 31 heavy (non-hydrogen) atoms. The maximum absolute atomic E-state index is 12.8. The number of cyclic esters (lactones) is 1. The van der Waals surface area contributed by atoms with Gasteiger partial charge in [0.05, 0.1) is 16.1 Å². The van der Waals surface area contributed by atoms with Gasteiger partial charge in [-0.05, 0) is 61.9 Å². The molecule has 6 heteroatoms. The first-order valence-corrected chi connectivity index (χ1v) is 11.5. The molecule has 1 aliphatic rings. The number of ether oxygens (including phenoxy) is 2. The van der Waals surface area contributed by atoms with Crippen molar-refractivity contribution in [2.24, 2.45) is 0 Å². The largest absolute Gasteiger partial charge is 0.507 e. The summed E-state index contributed by atoms with van der Waals surface area (Å²) in [6.45, 7) is 2.14. The number of allylic oxidation sites excluding steroid dienone is 1. The Kier molecular flexibility index (Phi) is 8.68. The normalized spacial score (nSPS) is 19.1. The molecule has 0 aromatic heterocycles. The Morgan fingerprint density at radius 2 is 1.84 bits per heavy atom. The van der Waals surface area contributed by atoms with Crippen molar-refractivity contribution in [1.82, 2.24) is 0 Å². The topological polar surface area (TPSA) is 55.8 Å². The van der Waals surface area contributed by atoms with E-state index in [-0.39, 0.29) is 24.0 Å². The second-order valence-corrected chi connectivity index (χ2v) is 8.72. The number of phenolic OH excluding ortho intramolecular Hbond substituents is 1. The molecular formula is C25H28Cl2O4. The number of hydrogen-bond acceptors (Lipinski definition) is 4. The molecule has 2 aromatic carbocycles. The van der Waals surface area contributed by atoms with E-state index >= 15 is 0 Å². The quantitative estimate of drug-likeness (QED) is 0.477. The molecule has 1 aliphatic heterocycles. The molecule has 1 N–H and O–H groups in total. The van der Waals surface area contributed by atoms with Gasteiger partial charge < -0.3 is 14.6 Å². The highest BCUT2D eigenvalue weighted by atomic mass is 35.5. The van der Waals surface area contributed by atoms with Crippen LogP contribution >= 0.6 is 23.2 Å². The summed E-state index contributed by atoms with van der Waals surface area (Å²) in [5.74, 6) is -0.220. The zero-order valence-corrected chi connectivity index (χ0v) is 19.2. The van der Waals surface area contributed by atoms with E-state index in [1.807, 2.05) is 25.1 Å². The Labute approximate surface area is 193 Å². The van der Waals surface area contributed by atoms with E-state index in [4.69, 9.17) is 32.7 Å². The lowest BCUT2D eigenvalue weighted by Gasteiger charge is -2.17. The zero-order valence-electron chi connectivity index (χ0n) is 17.7. The number of carbonyl (C=O) groups excluding carboxylic acids is 1. The summed E-state index contributed by atoms with van der Waals surface area (Å²) < 4.78 is 11.4. The SMILES string of the molecule is C[C@@H]1CCCCCCC/C=C/c2cc(OCc3ccc(Cl)c(Cl)c3)cc(O)c2C(=O)O1. The number of esters is 1. The molecule has 0 fully saturated rings. The summed E-state index contributed by atoms with van der Waals surface area (Å²) in [4.78, 5) is 12.8. The van der Waals surface area contributed by atoms with Gasteiger partial charge in [0.25, 0.3) is 0 Å². The monoisotopic (exact) mass is 462 g/mol. The lowest BCUT2D eigenvalue weighted by molar-refractivity contribution is 0.0316. The number of benzene rings is 2. The third-order valence-corrected chi connectivity index (χ3v) is 6.04. The van der Waals surface area contributed by atoms with E-state index in [2.05, 4.69) is 0 Å². The van der Waals surface area contributed by atoms with E-state index in [9.17, 15) is 9.90 Å². The molecule has 0 saturated heterocycles. The number of rotatable bonds is 3. The van der Waals surface area contributed by atoms with Crippen LogP contribution in [0, 0.1) is 0 Å². The van der Waals surface area contributed by atoms with Gasteiger partial charge in [0.15, 0.2) is 0 Å². The second-order valence-electron chi connectivity index (χ2n) is 7.91. The van der Waals surface area contributed by atoms with Crippen LogP contribution in [0.5, 0.6) is 11.5 Å². The van der Waals surface area contributed by atoms with E-state index < -0.39 is 5.97 Å². The third-order valence-electron chi connectivity index (χ3n) is 5.30. The van der Waals surface area contributed by atoms with Crippen molar-refractivity contribution in [2.45, 2.75) is 64.6 Å². The van der Waals surface area contributed by atoms with Gasteiger partial charge in [-0.1, -0.05) is 60.7 Å². The number of aromatic hydroxyl groups is 1. The van der Waals surface area contributed by atoms with Crippen molar-refractivity contribution < 1.29 is 19.4 Å². The molecular weight excluding hydrogens is 435 g/mol. The summed E-state index contributed by atoms with van der Waals surface area (Å²) in [5.41, 5.74) is 1.60. The van der Waals surface area contributed by atoms with Gasteiger partial charge in [0.2, 0.25) is 0 Å². The summed E-state index contributed by atoms with van der Waals surface area (Å²) in [5, 5.41) is 11.6. The second kappa shape index (κ2) is 11.4. The fourth-order valence-corrected chi connectivity index (χ4v) is 3.91. The highest BCUT2D eigenvalue weighted by molar-refractivity contribution is 6.42. The fourth-order valence-electron chi connectivity index (χ4n) is 3.59. The molecule has 0 bridgehead atoms. The first-order chi connectivity index (χ1) is 14.9. The van der Waals surface area contributed by atoms with E-state index in [0.29, 0.717) is 21.4 Å². The van der Waals surface area contributed by atoms with E-state index in [0.717, 1.165) is 37.7 Å². The number of hydrogen-bond donors (Lipinski definition) is 1. The van der Waals surface area contributed by atoms with E-state index in [1.165, 1.54) is 18.9 Å². The predicted octanol–water partition coefficient (Wildman–Crippen LogP) is 7.58. The van der Waals surface area contributed by atoms with Gasteiger partial charge >= 0.3 is 5.97 Å². The van der Waals surface area contributed by atoms with Crippen LogP contribution in [0.1, 0.15) is 73.4 Å². The standard InChI is InChI=1S/C25H28Cl2O4/c1-17-9-7-5-3-2-4-6-8-10-19-14-20(15-23(28)24(19)25(29)31-17)30-16-18-11-12-21(26)22(27)13-18/h8,10-15,17,28H,2-7,9,16H2,1H3/b10-8+/t17-/m1/s1. The molecule has 2 aromatic rings. The van der Waals surface area contributed by atoms with Crippen LogP contribution in [-0.2, 0) is 11.3 Å². The van der Waals surface area contributed by atoms with Crippen LogP contribution in [0.15, 0.2) is 36.4 Å². The van der Waals surface area contributed by atoms with Crippen molar-refractivity contribution in [2.75, 3.05) is 0 Å². The summed E-state index contributed by atoms with van der Waals surface area (Å²) in [6, 6.07) is 8.47. The predicted molar refractivity (Wildman–Crippen MR) is 125 cm³/mol. The van der Waals surface area contributed by atoms with Crippen molar-refractivity contribution in [3.8, 4) is 11.5 Å². The maximum Gasteiger partial charge on any atom is 0.342 e.